The summed E-state index contributed by atoms with van der Waals surface area (Å²) in [5.74, 6) is -0.847. The van der Waals surface area contributed by atoms with E-state index >= 15 is 0 Å². The molecule has 2 amide bonds. The Bertz CT molecular complexity index is 759. The molecule has 0 aliphatic carbocycles. The smallest absolute Gasteiger partial charge is 0.259 e. The highest BCUT2D eigenvalue weighted by molar-refractivity contribution is 6.00. The molecule has 1 saturated heterocycles. The summed E-state index contributed by atoms with van der Waals surface area (Å²) in [6, 6.07) is 12.0. The quantitative estimate of drug-likeness (QED) is 0.726. The molecule has 1 aliphatic rings. The second-order valence-electron chi connectivity index (χ2n) is 5.85. The molecule has 132 valence electrons. The lowest BCUT2D eigenvalue weighted by molar-refractivity contribution is -0.130. The average molecular weight is 343 g/mol. The van der Waals surface area contributed by atoms with Crippen LogP contribution < -0.4 is 10.7 Å². The zero-order chi connectivity index (χ0) is 17.6. The van der Waals surface area contributed by atoms with Crippen molar-refractivity contribution in [1.29, 1.82) is 0 Å². The van der Waals surface area contributed by atoms with Crippen LogP contribution in [-0.2, 0) is 9.53 Å². The summed E-state index contributed by atoms with van der Waals surface area (Å²) in [4.78, 5) is 24.7. The molecule has 2 aromatic rings. The molecule has 7 heteroatoms. The van der Waals surface area contributed by atoms with E-state index in [0.29, 0.717) is 31.9 Å². The lowest BCUT2D eigenvalue weighted by Gasteiger charge is -2.28. The number of benzene rings is 2. The number of ether oxygens (including phenoxy) is 1. The van der Waals surface area contributed by atoms with E-state index in [2.05, 4.69) is 10.7 Å². The standard InChI is InChI=1S/C18H21N3O4/c22-12-16(18(24)20-21-7-9-25-10-8-21)19-17(23)15-6-5-13-3-1-2-4-14(13)11-15/h1-6,11,16,22H,7-10,12H2,(H,19,23)(H,20,24). The molecule has 0 bridgehead atoms. The molecule has 0 radical (unpaired) electrons. The highest BCUT2D eigenvalue weighted by Crippen LogP contribution is 2.15. The Kier molecular flexibility index (Phi) is 5.60. The number of morpholine rings is 1. The number of amides is 2. The number of aliphatic hydroxyl groups is 1. The number of fused-ring (bicyclic) bond motifs is 1. The molecule has 0 aromatic heterocycles. The van der Waals surface area contributed by atoms with E-state index in [1.807, 2.05) is 30.3 Å². The van der Waals surface area contributed by atoms with Crippen LogP contribution in [0.4, 0.5) is 0 Å². The Labute approximate surface area is 145 Å². The number of nitrogens with zero attached hydrogens (tertiary/aromatic N) is 1. The van der Waals surface area contributed by atoms with Crippen molar-refractivity contribution >= 4 is 22.6 Å². The number of hydrazine groups is 1. The molecule has 3 rings (SSSR count). The Morgan fingerprint density at radius 3 is 2.56 bits per heavy atom. The molecule has 25 heavy (non-hydrogen) atoms. The van der Waals surface area contributed by atoms with Gasteiger partial charge in [-0.2, -0.15) is 0 Å². The Balaban J connectivity index is 1.64. The third-order valence-corrected chi connectivity index (χ3v) is 4.10. The minimum absolute atomic E-state index is 0.401. The van der Waals surface area contributed by atoms with Gasteiger partial charge in [0.05, 0.1) is 19.8 Å². The molecule has 2 aromatic carbocycles. The van der Waals surface area contributed by atoms with Gasteiger partial charge in [0, 0.05) is 18.7 Å². The van der Waals surface area contributed by atoms with Gasteiger partial charge in [-0.3, -0.25) is 15.0 Å². The lowest BCUT2D eigenvalue weighted by Crippen LogP contribution is -2.56. The van der Waals surface area contributed by atoms with Crippen LogP contribution in [0, 0.1) is 0 Å². The largest absolute Gasteiger partial charge is 0.394 e. The molecule has 0 spiro atoms. The van der Waals surface area contributed by atoms with Crippen molar-refractivity contribution in [2.75, 3.05) is 32.9 Å². The van der Waals surface area contributed by atoms with E-state index < -0.39 is 24.5 Å². The van der Waals surface area contributed by atoms with Gasteiger partial charge in [-0.05, 0) is 22.9 Å². The van der Waals surface area contributed by atoms with Crippen LogP contribution in [0.25, 0.3) is 10.8 Å². The van der Waals surface area contributed by atoms with Gasteiger partial charge in [0.25, 0.3) is 11.8 Å². The van der Waals surface area contributed by atoms with Gasteiger partial charge >= 0.3 is 0 Å². The first-order valence-corrected chi connectivity index (χ1v) is 8.21. The summed E-state index contributed by atoms with van der Waals surface area (Å²) in [5.41, 5.74) is 3.14. The van der Waals surface area contributed by atoms with Gasteiger partial charge in [-0.15, -0.1) is 0 Å². The SMILES string of the molecule is O=C(NC(CO)C(=O)NN1CCOCC1)c1ccc2ccccc2c1. The van der Waals surface area contributed by atoms with Crippen LogP contribution in [0.5, 0.6) is 0 Å². The summed E-state index contributed by atoms with van der Waals surface area (Å²) < 4.78 is 5.21. The molecule has 3 N–H and O–H groups in total. The maximum absolute atomic E-state index is 12.4. The Morgan fingerprint density at radius 1 is 1.12 bits per heavy atom. The zero-order valence-corrected chi connectivity index (χ0v) is 13.8. The highest BCUT2D eigenvalue weighted by atomic mass is 16.5. The first-order valence-electron chi connectivity index (χ1n) is 8.21. The number of aliphatic hydroxyl groups excluding tert-OH is 1. The van der Waals surface area contributed by atoms with Crippen LogP contribution >= 0.6 is 0 Å². The van der Waals surface area contributed by atoms with Crippen molar-refractivity contribution in [3.05, 3.63) is 48.0 Å². The van der Waals surface area contributed by atoms with Gasteiger partial charge in [0.1, 0.15) is 6.04 Å². The van der Waals surface area contributed by atoms with Crippen molar-refractivity contribution < 1.29 is 19.4 Å². The first-order chi connectivity index (χ1) is 12.2. The first kappa shape index (κ1) is 17.3. The van der Waals surface area contributed by atoms with Crippen molar-refractivity contribution in [1.82, 2.24) is 15.8 Å². The van der Waals surface area contributed by atoms with Crippen molar-refractivity contribution in [3.8, 4) is 0 Å². The molecular formula is C18H21N3O4. The molecule has 1 aliphatic heterocycles. The van der Waals surface area contributed by atoms with Crippen molar-refractivity contribution in [2.24, 2.45) is 0 Å². The predicted octanol–water partition coefficient (Wildman–Crippen LogP) is 0.294. The number of nitrogens with one attached hydrogen (secondary N) is 2. The monoisotopic (exact) mass is 343 g/mol. The van der Waals surface area contributed by atoms with E-state index in [0.717, 1.165) is 10.8 Å². The molecule has 7 nitrogen and oxygen atoms in total. The number of hydrogen-bond donors (Lipinski definition) is 3. The van der Waals surface area contributed by atoms with Crippen LogP contribution in [0.15, 0.2) is 42.5 Å². The minimum atomic E-state index is -1.01. The third kappa shape index (κ3) is 4.33. The zero-order valence-electron chi connectivity index (χ0n) is 13.8. The van der Waals surface area contributed by atoms with Crippen LogP contribution in [0.1, 0.15) is 10.4 Å². The fraction of sp³-hybridized carbons (Fsp3) is 0.333. The molecule has 1 atom stereocenters. The molecule has 0 saturated carbocycles. The third-order valence-electron chi connectivity index (χ3n) is 4.10. The normalized spacial score (nSPS) is 16.4. The summed E-state index contributed by atoms with van der Waals surface area (Å²) >= 11 is 0. The van der Waals surface area contributed by atoms with Crippen molar-refractivity contribution in [2.45, 2.75) is 6.04 Å². The maximum atomic E-state index is 12.4. The second kappa shape index (κ2) is 8.06. The van der Waals surface area contributed by atoms with Crippen LogP contribution in [-0.4, -0.2) is 60.9 Å². The van der Waals surface area contributed by atoms with E-state index in [1.165, 1.54) is 0 Å². The summed E-state index contributed by atoms with van der Waals surface area (Å²) in [7, 11) is 0. The van der Waals surface area contributed by atoms with E-state index in [1.54, 1.807) is 17.1 Å². The fourth-order valence-corrected chi connectivity index (χ4v) is 2.68. The summed E-state index contributed by atoms with van der Waals surface area (Å²) in [6.07, 6.45) is 0. The number of rotatable bonds is 5. The van der Waals surface area contributed by atoms with E-state index in [-0.39, 0.29) is 0 Å². The predicted molar refractivity (Wildman–Crippen MR) is 92.8 cm³/mol. The summed E-state index contributed by atoms with van der Waals surface area (Å²) in [5, 5.41) is 15.7. The minimum Gasteiger partial charge on any atom is -0.394 e. The Morgan fingerprint density at radius 2 is 1.84 bits per heavy atom. The number of carbonyl (C=O) groups excluding carboxylic acids is 2. The molecule has 1 unspecified atom stereocenters. The fourth-order valence-electron chi connectivity index (χ4n) is 2.68. The van der Waals surface area contributed by atoms with Crippen molar-refractivity contribution in [3.63, 3.8) is 0 Å². The van der Waals surface area contributed by atoms with Crippen LogP contribution in [0.2, 0.25) is 0 Å². The average Bonchev–Trinajstić information content (AvgIpc) is 2.66. The Hall–Kier alpha value is -2.48. The van der Waals surface area contributed by atoms with Gasteiger partial charge in [-0.1, -0.05) is 30.3 Å². The van der Waals surface area contributed by atoms with Gasteiger partial charge in [-0.25, -0.2) is 5.01 Å². The topological polar surface area (TPSA) is 90.9 Å². The van der Waals surface area contributed by atoms with E-state index in [4.69, 9.17) is 4.74 Å². The number of carbonyl (C=O) groups is 2. The van der Waals surface area contributed by atoms with E-state index in [9.17, 15) is 14.7 Å². The van der Waals surface area contributed by atoms with Gasteiger partial charge in [0.2, 0.25) is 0 Å². The molecule has 1 heterocycles. The summed E-state index contributed by atoms with van der Waals surface area (Å²) in [6.45, 7) is 1.74. The second-order valence-corrected chi connectivity index (χ2v) is 5.85. The lowest BCUT2D eigenvalue weighted by atomic mass is 10.1. The van der Waals surface area contributed by atoms with Crippen LogP contribution in [0.3, 0.4) is 0 Å². The molecule has 1 fully saturated rings. The molecular weight excluding hydrogens is 322 g/mol. The highest BCUT2D eigenvalue weighted by Gasteiger charge is 2.23. The van der Waals surface area contributed by atoms with Gasteiger partial charge in [0.15, 0.2) is 0 Å². The van der Waals surface area contributed by atoms with Gasteiger partial charge < -0.3 is 15.2 Å². The maximum Gasteiger partial charge on any atom is 0.259 e. The number of hydrogen-bond acceptors (Lipinski definition) is 5.